The van der Waals surface area contributed by atoms with Crippen molar-refractivity contribution in [2.24, 2.45) is 0 Å². The van der Waals surface area contributed by atoms with E-state index in [9.17, 15) is 0 Å². The van der Waals surface area contributed by atoms with Gasteiger partial charge in [0.15, 0.2) is 6.54 Å². The highest BCUT2D eigenvalue weighted by atomic mass is 35.5. The molecule has 3 rings (SSSR count). The molecular formula is C22H27ClN3S+. The molecule has 0 fully saturated rings. The van der Waals surface area contributed by atoms with Crippen LogP contribution in [0.1, 0.15) is 17.0 Å². The number of aryl methyl sites for hydroxylation is 1. The molecule has 0 N–H and O–H groups in total. The molecule has 142 valence electrons. The predicted octanol–water partition coefficient (Wildman–Crippen LogP) is 5.03. The summed E-state index contributed by atoms with van der Waals surface area (Å²) >= 11 is 8.09. The maximum absolute atomic E-state index is 6.27. The molecule has 0 spiro atoms. The van der Waals surface area contributed by atoms with E-state index in [0.29, 0.717) is 0 Å². The molecule has 0 aliphatic carbocycles. The molecule has 5 heteroatoms. The monoisotopic (exact) mass is 400 g/mol. The lowest BCUT2D eigenvalue weighted by atomic mass is 10.1. The lowest BCUT2D eigenvalue weighted by Crippen LogP contribution is -2.36. The number of nitrogens with zero attached hydrogens (tertiary/aromatic N) is 3. The van der Waals surface area contributed by atoms with Crippen molar-refractivity contribution in [3.8, 4) is 0 Å². The van der Waals surface area contributed by atoms with Crippen LogP contribution in [0.3, 0.4) is 0 Å². The summed E-state index contributed by atoms with van der Waals surface area (Å²) in [5, 5.41) is 2.04. The van der Waals surface area contributed by atoms with Gasteiger partial charge in [0.2, 0.25) is 5.52 Å². The van der Waals surface area contributed by atoms with Gasteiger partial charge >= 0.3 is 0 Å². The van der Waals surface area contributed by atoms with Crippen molar-refractivity contribution in [2.45, 2.75) is 13.0 Å². The zero-order valence-electron chi connectivity index (χ0n) is 16.4. The number of halogens is 1. The summed E-state index contributed by atoms with van der Waals surface area (Å²) in [7, 11) is 8.39. The summed E-state index contributed by atoms with van der Waals surface area (Å²) in [5.74, 6) is 0. The molecule has 0 amide bonds. The standard InChI is InChI=1S/C22H27ClN3S/c1-24(2)14-7-15-26-20-16-18(23)11-12-21(20)27-22(26)13-10-17-8-5-6-9-19(17)25(3)4/h5-6,8-13,16H,7,14-15H2,1-4H3/q+1. The van der Waals surface area contributed by atoms with Gasteiger partial charge in [0.1, 0.15) is 4.70 Å². The quantitative estimate of drug-likeness (QED) is 0.515. The van der Waals surface area contributed by atoms with E-state index in [0.717, 1.165) is 24.5 Å². The van der Waals surface area contributed by atoms with Crippen molar-refractivity contribution in [1.29, 1.82) is 0 Å². The van der Waals surface area contributed by atoms with E-state index in [2.05, 4.69) is 91.1 Å². The first-order valence-corrected chi connectivity index (χ1v) is 10.4. The third kappa shape index (κ3) is 4.89. The van der Waals surface area contributed by atoms with Gasteiger partial charge < -0.3 is 9.80 Å². The lowest BCUT2D eigenvalue weighted by Gasteiger charge is -2.14. The Bertz CT molecular complexity index is 944. The van der Waals surface area contributed by atoms with Gasteiger partial charge in [-0.2, -0.15) is 4.57 Å². The smallest absolute Gasteiger partial charge is 0.262 e. The van der Waals surface area contributed by atoms with E-state index in [1.165, 1.54) is 26.5 Å². The summed E-state index contributed by atoms with van der Waals surface area (Å²) < 4.78 is 3.66. The average molecular weight is 401 g/mol. The SMILES string of the molecule is CN(C)CCC[n+]1c(C=Cc2ccccc2N(C)C)sc2ccc(Cl)cc21. The van der Waals surface area contributed by atoms with Crippen LogP contribution in [0.15, 0.2) is 42.5 Å². The van der Waals surface area contributed by atoms with Crippen LogP contribution < -0.4 is 9.47 Å². The van der Waals surface area contributed by atoms with Gasteiger partial charge in [-0.25, -0.2) is 0 Å². The number of rotatable bonds is 7. The Morgan fingerprint density at radius 3 is 2.56 bits per heavy atom. The van der Waals surface area contributed by atoms with E-state index in [4.69, 9.17) is 11.6 Å². The van der Waals surface area contributed by atoms with Gasteiger partial charge in [0, 0.05) is 49.9 Å². The van der Waals surface area contributed by atoms with Gasteiger partial charge in [-0.1, -0.05) is 41.1 Å². The van der Waals surface area contributed by atoms with E-state index >= 15 is 0 Å². The van der Waals surface area contributed by atoms with Crippen molar-refractivity contribution < 1.29 is 4.57 Å². The highest BCUT2D eigenvalue weighted by Crippen LogP contribution is 2.26. The van der Waals surface area contributed by atoms with Crippen LogP contribution >= 0.6 is 22.9 Å². The van der Waals surface area contributed by atoms with Gasteiger partial charge in [0.05, 0.1) is 0 Å². The second-order valence-electron chi connectivity index (χ2n) is 7.15. The minimum atomic E-state index is 0.787. The summed E-state index contributed by atoms with van der Waals surface area (Å²) in [4.78, 5) is 4.38. The van der Waals surface area contributed by atoms with E-state index in [1.807, 2.05) is 17.4 Å². The Labute approximate surface area is 171 Å². The number of aromatic nitrogens is 1. The number of hydrogen-bond donors (Lipinski definition) is 0. The molecule has 0 aliphatic rings. The van der Waals surface area contributed by atoms with E-state index in [-0.39, 0.29) is 0 Å². The van der Waals surface area contributed by atoms with Crippen LogP contribution in [-0.4, -0.2) is 39.6 Å². The van der Waals surface area contributed by atoms with E-state index in [1.54, 1.807) is 0 Å². The van der Waals surface area contributed by atoms with Gasteiger partial charge in [-0.15, -0.1) is 0 Å². The molecule has 0 saturated carbocycles. The van der Waals surface area contributed by atoms with Gasteiger partial charge in [0.25, 0.3) is 5.01 Å². The van der Waals surface area contributed by atoms with Crippen molar-refractivity contribution >= 4 is 51.0 Å². The van der Waals surface area contributed by atoms with Crippen LogP contribution in [0.4, 0.5) is 5.69 Å². The molecule has 2 aromatic carbocycles. The first-order valence-electron chi connectivity index (χ1n) is 9.17. The number of anilines is 1. The van der Waals surface area contributed by atoms with Gasteiger partial charge in [-0.05, 0) is 43.9 Å². The topological polar surface area (TPSA) is 10.4 Å². The first kappa shape index (κ1) is 19.9. The Morgan fingerprint density at radius 2 is 1.81 bits per heavy atom. The first-order chi connectivity index (χ1) is 13.0. The predicted molar refractivity (Wildman–Crippen MR) is 120 cm³/mol. The number of hydrogen-bond acceptors (Lipinski definition) is 3. The van der Waals surface area contributed by atoms with Crippen molar-refractivity contribution in [3.63, 3.8) is 0 Å². The average Bonchev–Trinajstić information content (AvgIpc) is 2.97. The molecule has 1 aromatic heterocycles. The molecule has 0 saturated heterocycles. The van der Waals surface area contributed by atoms with Crippen LogP contribution in [0.25, 0.3) is 22.4 Å². The fourth-order valence-electron chi connectivity index (χ4n) is 3.17. The molecule has 0 aliphatic heterocycles. The van der Waals surface area contributed by atoms with Crippen molar-refractivity contribution in [1.82, 2.24) is 4.90 Å². The second kappa shape index (κ2) is 8.87. The molecule has 3 aromatic rings. The third-order valence-electron chi connectivity index (χ3n) is 4.50. The Hall–Kier alpha value is -1.88. The zero-order valence-corrected chi connectivity index (χ0v) is 18.0. The molecule has 0 bridgehead atoms. The maximum Gasteiger partial charge on any atom is 0.262 e. The summed E-state index contributed by atoms with van der Waals surface area (Å²) in [6.45, 7) is 2.05. The zero-order chi connectivity index (χ0) is 19.4. The molecule has 0 radical (unpaired) electrons. The molecule has 1 heterocycles. The third-order valence-corrected chi connectivity index (χ3v) is 5.87. The highest BCUT2D eigenvalue weighted by Gasteiger charge is 2.19. The number of para-hydroxylation sites is 1. The number of benzene rings is 2. The number of fused-ring (bicyclic) bond motifs is 1. The molecule has 27 heavy (non-hydrogen) atoms. The normalized spacial score (nSPS) is 11.8. The largest absolute Gasteiger partial charge is 0.377 e. The molecular weight excluding hydrogens is 374 g/mol. The van der Waals surface area contributed by atoms with Crippen molar-refractivity contribution in [3.05, 3.63) is 58.1 Å². The fourth-order valence-corrected chi connectivity index (χ4v) is 4.41. The Morgan fingerprint density at radius 1 is 1.04 bits per heavy atom. The Kier molecular flexibility index (Phi) is 6.53. The minimum Gasteiger partial charge on any atom is -0.377 e. The second-order valence-corrected chi connectivity index (χ2v) is 8.65. The summed E-state index contributed by atoms with van der Waals surface area (Å²) in [6, 6.07) is 14.6. The molecule has 3 nitrogen and oxygen atoms in total. The fraction of sp³-hybridized carbons (Fsp3) is 0.318. The molecule has 0 atom stereocenters. The number of thiazole rings is 1. The minimum absolute atomic E-state index is 0.787. The molecule has 0 unspecified atom stereocenters. The van der Waals surface area contributed by atoms with Crippen LogP contribution in [0.5, 0.6) is 0 Å². The van der Waals surface area contributed by atoms with Crippen LogP contribution in [0, 0.1) is 0 Å². The van der Waals surface area contributed by atoms with Crippen molar-refractivity contribution in [2.75, 3.05) is 39.6 Å². The summed E-state index contributed by atoms with van der Waals surface area (Å²) in [5.41, 5.74) is 3.65. The maximum atomic E-state index is 6.27. The Balaban J connectivity index is 1.98. The lowest BCUT2D eigenvalue weighted by molar-refractivity contribution is -0.669. The summed E-state index contributed by atoms with van der Waals surface area (Å²) in [6.07, 6.45) is 5.55. The van der Waals surface area contributed by atoms with Gasteiger partial charge in [-0.3, -0.25) is 0 Å². The van der Waals surface area contributed by atoms with E-state index < -0.39 is 0 Å². The van der Waals surface area contributed by atoms with Crippen LogP contribution in [0.2, 0.25) is 5.02 Å². The highest BCUT2D eigenvalue weighted by molar-refractivity contribution is 7.18. The van der Waals surface area contributed by atoms with Crippen LogP contribution in [-0.2, 0) is 6.54 Å².